The first-order valence-corrected chi connectivity index (χ1v) is 12.4. The lowest BCUT2D eigenvalue weighted by Crippen LogP contribution is -2.49. The number of hydrogen-bond acceptors (Lipinski definition) is 5. The lowest BCUT2D eigenvalue weighted by atomic mass is 9.92. The molecule has 2 heterocycles. The summed E-state index contributed by atoms with van der Waals surface area (Å²) in [4.78, 5) is 38.5. The van der Waals surface area contributed by atoms with Gasteiger partial charge in [-0.25, -0.2) is 8.42 Å². The molecule has 31 heavy (non-hydrogen) atoms. The number of rotatable bonds is 6. The highest BCUT2D eigenvalue weighted by atomic mass is 32.2. The summed E-state index contributed by atoms with van der Waals surface area (Å²) >= 11 is 0. The number of likely N-dealkylation sites (tertiary alicyclic amines) is 1. The van der Waals surface area contributed by atoms with Gasteiger partial charge >= 0.3 is 0 Å². The van der Waals surface area contributed by atoms with E-state index in [0.29, 0.717) is 38.0 Å². The number of sulfonamides is 1. The second-order valence-electron chi connectivity index (χ2n) is 8.28. The Bertz CT molecular complexity index is 921. The summed E-state index contributed by atoms with van der Waals surface area (Å²) in [6.45, 7) is 5.53. The minimum atomic E-state index is -3.66. The van der Waals surface area contributed by atoms with Crippen molar-refractivity contribution in [2.45, 2.75) is 44.4 Å². The Morgan fingerprint density at radius 1 is 1.00 bits per heavy atom. The van der Waals surface area contributed by atoms with Crippen LogP contribution in [0.3, 0.4) is 0 Å². The van der Waals surface area contributed by atoms with Crippen LogP contribution in [0, 0.1) is 11.8 Å². The molecule has 0 bridgehead atoms. The fraction of sp³-hybridized carbons (Fsp3) is 0.591. The molecule has 2 aliphatic rings. The van der Waals surface area contributed by atoms with Gasteiger partial charge in [0, 0.05) is 44.2 Å². The lowest BCUT2D eigenvalue weighted by molar-refractivity contribution is -0.140. The fourth-order valence-electron chi connectivity index (χ4n) is 4.32. The van der Waals surface area contributed by atoms with E-state index in [-0.39, 0.29) is 47.4 Å². The van der Waals surface area contributed by atoms with Gasteiger partial charge in [-0.15, -0.1) is 0 Å². The molecule has 2 amide bonds. The van der Waals surface area contributed by atoms with Crippen LogP contribution in [0.5, 0.6) is 0 Å². The highest BCUT2D eigenvalue weighted by Gasteiger charge is 2.36. The van der Waals surface area contributed by atoms with Crippen LogP contribution in [-0.4, -0.2) is 67.9 Å². The van der Waals surface area contributed by atoms with Gasteiger partial charge in [-0.1, -0.05) is 12.1 Å². The molecule has 1 N–H and O–H groups in total. The molecule has 9 heteroatoms. The molecule has 2 aliphatic heterocycles. The summed E-state index contributed by atoms with van der Waals surface area (Å²) < 4.78 is 27.3. The zero-order valence-electron chi connectivity index (χ0n) is 18.2. The van der Waals surface area contributed by atoms with Gasteiger partial charge in [-0.3, -0.25) is 14.4 Å². The number of carbonyl (C=O) groups is 3. The maximum absolute atomic E-state index is 13.0. The summed E-state index contributed by atoms with van der Waals surface area (Å²) in [6, 6.07) is 5.96. The largest absolute Gasteiger partial charge is 0.356 e. The van der Waals surface area contributed by atoms with Crippen molar-refractivity contribution in [3.63, 3.8) is 0 Å². The first kappa shape index (κ1) is 23.4. The van der Waals surface area contributed by atoms with Crippen molar-refractivity contribution < 1.29 is 22.8 Å². The van der Waals surface area contributed by atoms with E-state index in [1.54, 1.807) is 4.90 Å². The molecule has 2 fully saturated rings. The predicted molar refractivity (Wildman–Crippen MR) is 116 cm³/mol. The standard InChI is InChI=1S/C22H31N3O5S/c1-3-23-21(27)19-5-4-12-24(15-19)22(28)18-10-13-25(14-11-18)31(29,30)20-8-6-17(7-9-20)16(2)26/h6-9,18-19H,3-5,10-15H2,1-2H3,(H,23,27). The average Bonchev–Trinajstić information content (AvgIpc) is 2.79. The van der Waals surface area contributed by atoms with Crippen LogP contribution in [0.4, 0.5) is 0 Å². The third-order valence-electron chi connectivity index (χ3n) is 6.16. The Balaban J connectivity index is 1.59. The van der Waals surface area contributed by atoms with Crippen LogP contribution in [0.15, 0.2) is 29.2 Å². The van der Waals surface area contributed by atoms with Gasteiger partial charge in [0.2, 0.25) is 21.8 Å². The second kappa shape index (κ2) is 9.91. The Morgan fingerprint density at radius 2 is 1.65 bits per heavy atom. The minimum Gasteiger partial charge on any atom is -0.356 e. The van der Waals surface area contributed by atoms with Crippen molar-refractivity contribution in [1.29, 1.82) is 0 Å². The normalized spacial score (nSPS) is 21.0. The van der Waals surface area contributed by atoms with Crippen LogP contribution in [0.1, 0.15) is 49.9 Å². The molecular formula is C22H31N3O5S. The molecule has 0 aliphatic carbocycles. The molecule has 1 unspecified atom stereocenters. The third-order valence-corrected chi connectivity index (χ3v) is 8.07. The van der Waals surface area contributed by atoms with E-state index in [9.17, 15) is 22.8 Å². The fourth-order valence-corrected chi connectivity index (χ4v) is 5.79. The van der Waals surface area contributed by atoms with Crippen LogP contribution < -0.4 is 5.32 Å². The molecule has 8 nitrogen and oxygen atoms in total. The van der Waals surface area contributed by atoms with E-state index in [1.807, 2.05) is 6.92 Å². The highest BCUT2D eigenvalue weighted by molar-refractivity contribution is 7.89. The minimum absolute atomic E-state index is 0.00305. The summed E-state index contributed by atoms with van der Waals surface area (Å²) in [5, 5.41) is 2.83. The molecular weight excluding hydrogens is 418 g/mol. The predicted octanol–water partition coefficient (Wildman–Crippen LogP) is 1.66. The Hall–Kier alpha value is -2.26. The van der Waals surface area contributed by atoms with Crippen LogP contribution in [0.25, 0.3) is 0 Å². The monoisotopic (exact) mass is 449 g/mol. The molecule has 3 rings (SSSR count). The summed E-state index contributed by atoms with van der Waals surface area (Å²) in [6.07, 6.45) is 2.52. The Labute approximate surface area is 184 Å². The Kier molecular flexibility index (Phi) is 7.48. The van der Waals surface area contributed by atoms with Crippen molar-refractivity contribution in [2.75, 3.05) is 32.7 Å². The molecule has 1 aromatic carbocycles. The number of carbonyl (C=O) groups excluding carboxylic acids is 3. The number of hydrogen-bond donors (Lipinski definition) is 1. The van der Waals surface area contributed by atoms with E-state index in [1.165, 1.54) is 35.5 Å². The van der Waals surface area contributed by atoms with E-state index in [2.05, 4.69) is 5.32 Å². The number of nitrogens with one attached hydrogen (secondary N) is 1. The molecule has 0 saturated carbocycles. The first-order chi connectivity index (χ1) is 14.7. The third kappa shape index (κ3) is 5.33. The maximum Gasteiger partial charge on any atom is 0.243 e. The molecule has 0 radical (unpaired) electrons. The topological polar surface area (TPSA) is 104 Å². The van der Waals surface area contributed by atoms with Crippen molar-refractivity contribution in [3.05, 3.63) is 29.8 Å². The van der Waals surface area contributed by atoms with Gasteiger partial charge in [0.05, 0.1) is 10.8 Å². The number of amides is 2. The van der Waals surface area contributed by atoms with Crippen LogP contribution in [-0.2, 0) is 19.6 Å². The van der Waals surface area contributed by atoms with Crippen molar-refractivity contribution in [2.24, 2.45) is 11.8 Å². The van der Waals surface area contributed by atoms with Gasteiger partial charge in [-0.05, 0) is 51.7 Å². The van der Waals surface area contributed by atoms with E-state index >= 15 is 0 Å². The molecule has 1 atom stereocenters. The van der Waals surface area contributed by atoms with Gasteiger partial charge in [0.15, 0.2) is 5.78 Å². The number of piperidine rings is 2. The van der Waals surface area contributed by atoms with E-state index in [0.717, 1.165) is 12.8 Å². The SMILES string of the molecule is CCNC(=O)C1CCCN(C(=O)C2CCN(S(=O)(=O)c3ccc(C(C)=O)cc3)CC2)C1. The quantitative estimate of drug-likeness (QED) is 0.666. The van der Waals surface area contributed by atoms with Crippen molar-refractivity contribution in [3.8, 4) is 0 Å². The second-order valence-corrected chi connectivity index (χ2v) is 10.2. The zero-order chi connectivity index (χ0) is 22.6. The molecule has 1 aromatic rings. The lowest BCUT2D eigenvalue weighted by Gasteiger charge is -2.37. The van der Waals surface area contributed by atoms with Gasteiger partial charge < -0.3 is 10.2 Å². The molecule has 2 saturated heterocycles. The maximum atomic E-state index is 13.0. The van der Waals surface area contributed by atoms with Gasteiger partial charge in [-0.2, -0.15) is 4.31 Å². The highest BCUT2D eigenvalue weighted by Crippen LogP contribution is 2.27. The van der Waals surface area contributed by atoms with E-state index < -0.39 is 10.0 Å². The summed E-state index contributed by atoms with van der Waals surface area (Å²) in [7, 11) is -3.66. The van der Waals surface area contributed by atoms with E-state index in [4.69, 9.17) is 0 Å². The van der Waals surface area contributed by atoms with Crippen LogP contribution >= 0.6 is 0 Å². The molecule has 0 spiro atoms. The summed E-state index contributed by atoms with van der Waals surface area (Å²) in [5.41, 5.74) is 0.468. The smallest absolute Gasteiger partial charge is 0.243 e. The number of Topliss-reactive ketones (excluding diaryl/α,β-unsaturated/α-hetero) is 1. The molecule has 0 aromatic heterocycles. The van der Waals surface area contributed by atoms with Gasteiger partial charge in [0.25, 0.3) is 0 Å². The van der Waals surface area contributed by atoms with Crippen molar-refractivity contribution in [1.82, 2.24) is 14.5 Å². The Morgan fingerprint density at radius 3 is 2.23 bits per heavy atom. The number of ketones is 1. The number of nitrogens with zero attached hydrogens (tertiary/aromatic N) is 2. The van der Waals surface area contributed by atoms with Gasteiger partial charge in [0.1, 0.15) is 0 Å². The van der Waals surface area contributed by atoms with Crippen molar-refractivity contribution >= 4 is 27.6 Å². The average molecular weight is 450 g/mol. The zero-order valence-corrected chi connectivity index (χ0v) is 19.0. The first-order valence-electron chi connectivity index (χ1n) is 10.9. The summed E-state index contributed by atoms with van der Waals surface area (Å²) in [5.74, 6) is -0.487. The number of benzene rings is 1. The van der Waals surface area contributed by atoms with Crippen LogP contribution in [0.2, 0.25) is 0 Å². The molecule has 170 valence electrons.